The number of benzene rings is 1. The number of aromatic nitrogens is 2. The minimum absolute atomic E-state index is 0.0971. The predicted molar refractivity (Wildman–Crippen MR) is 98.3 cm³/mol. The third-order valence-corrected chi connectivity index (χ3v) is 4.60. The van der Waals surface area contributed by atoms with Crippen LogP contribution in [0.3, 0.4) is 0 Å². The number of nitrogens with zero attached hydrogens (tertiary/aromatic N) is 2. The number of hydrogen-bond acceptors (Lipinski definition) is 3. The van der Waals surface area contributed by atoms with E-state index in [4.69, 9.17) is 4.65 Å². The molecule has 0 amide bonds. The van der Waals surface area contributed by atoms with Crippen molar-refractivity contribution in [2.75, 3.05) is 0 Å². The summed E-state index contributed by atoms with van der Waals surface area (Å²) in [5, 5.41) is 0. The molecule has 1 heterocycles. The molecule has 0 bridgehead atoms. The SMILES string of the molecule is Cc1cc(C)nc(-c2ccc(BOC(C)(C)C(C)(C)C)cc2)n1. The molecule has 1 aromatic heterocycles. The molecule has 2 rings (SSSR count). The summed E-state index contributed by atoms with van der Waals surface area (Å²) in [4.78, 5) is 9.02. The van der Waals surface area contributed by atoms with Crippen molar-refractivity contribution in [1.29, 1.82) is 0 Å². The molecule has 122 valence electrons. The highest BCUT2D eigenvalue weighted by Crippen LogP contribution is 2.32. The van der Waals surface area contributed by atoms with Gasteiger partial charge < -0.3 is 4.65 Å². The maximum Gasteiger partial charge on any atom is 0.309 e. The van der Waals surface area contributed by atoms with Crippen LogP contribution in [0.4, 0.5) is 0 Å². The molecule has 1 aromatic carbocycles. The van der Waals surface area contributed by atoms with Crippen LogP contribution in [-0.2, 0) is 4.65 Å². The highest BCUT2D eigenvalue weighted by molar-refractivity contribution is 6.47. The van der Waals surface area contributed by atoms with Crippen LogP contribution in [0.15, 0.2) is 30.3 Å². The molecule has 0 saturated heterocycles. The zero-order valence-electron chi connectivity index (χ0n) is 15.4. The van der Waals surface area contributed by atoms with E-state index < -0.39 is 0 Å². The van der Waals surface area contributed by atoms with E-state index in [9.17, 15) is 0 Å². The van der Waals surface area contributed by atoms with Crippen LogP contribution in [0.2, 0.25) is 0 Å². The normalized spacial score (nSPS) is 12.3. The summed E-state index contributed by atoms with van der Waals surface area (Å²) in [5.74, 6) is 0.782. The lowest BCUT2D eigenvalue weighted by atomic mass is 9.76. The van der Waals surface area contributed by atoms with E-state index >= 15 is 0 Å². The van der Waals surface area contributed by atoms with Crippen LogP contribution in [0.5, 0.6) is 0 Å². The molecule has 0 aliphatic carbocycles. The Morgan fingerprint density at radius 2 is 1.39 bits per heavy atom. The summed E-state index contributed by atoms with van der Waals surface area (Å²) < 4.78 is 6.13. The van der Waals surface area contributed by atoms with Crippen LogP contribution in [0, 0.1) is 19.3 Å². The molecule has 2 aromatic rings. The zero-order valence-corrected chi connectivity index (χ0v) is 15.4. The summed E-state index contributed by atoms with van der Waals surface area (Å²) >= 11 is 0. The van der Waals surface area contributed by atoms with Crippen molar-refractivity contribution < 1.29 is 4.65 Å². The zero-order chi connectivity index (χ0) is 17.3. The van der Waals surface area contributed by atoms with E-state index in [1.165, 1.54) is 0 Å². The van der Waals surface area contributed by atoms with Gasteiger partial charge in [-0.2, -0.15) is 0 Å². The van der Waals surface area contributed by atoms with Crippen molar-refractivity contribution >= 4 is 12.9 Å². The Morgan fingerprint density at radius 3 is 1.87 bits per heavy atom. The Hall–Kier alpha value is -1.68. The van der Waals surface area contributed by atoms with Crippen LogP contribution < -0.4 is 5.46 Å². The Bertz CT molecular complexity index is 653. The van der Waals surface area contributed by atoms with Crippen molar-refractivity contribution in [1.82, 2.24) is 9.97 Å². The molecule has 4 heteroatoms. The van der Waals surface area contributed by atoms with Gasteiger partial charge in [0.25, 0.3) is 0 Å². The lowest BCUT2D eigenvalue weighted by Crippen LogP contribution is -2.42. The molecule has 0 unspecified atom stereocenters. The predicted octanol–water partition coefficient (Wildman–Crippen LogP) is 3.58. The Labute approximate surface area is 140 Å². The fourth-order valence-corrected chi connectivity index (χ4v) is 2.09. The van der Waals surface area contributed by atoms with Gasteiger partial charge >= 0.3 is 7.48 Å². The van der Waals surface area contributed by atoms with Crippen molar-refractivity contribution in [3.8, 4) is 11.4 Å². The van der Waals surface area contributed by atoms with Gasteiger partial charge in [-0.1, -0.05) is 50.5 Å². The first-order valence-electron chi connectivity index (χ1n) is 8.14. The Morgan fingerprint density at radius 1 is 0.870 bits per heavy atom. The molecule has 0 aliphatic rings. The van der Waals surface area contributed by atoms with Gasteiger partial charge in [-0.25, -0.2) is 9.97 Å². The highest BCUT2D eigenvalue weighted by atomic mass is 16.5. The van der Waals surface area contributed by atoms with Gasteiger partial charge in [0.2, 0.25) is 0 Å². The second-order valence-electron chi connectivity index (χ2n) is 7.72. The lowest BCUT2D eigenvalue weighted by Gasteiger charge is -2.39. The summed E-state index contributed by atoms with van der Waals surface area (Å²) in [5.41, 5.74) is 4.10. The first-order valence-corrected chi connectivity index (χ1v) is 8.14. The number of aryl methyl sites for hydroxylation is 2. The molecule has 0 radical (unpaired) electrons. The first kappa shape index (κ1) is 17.7. The average Bonchev–Trinajstić information content (AvgIpc) is 2.43. The molecular weight excluding hydrogens is 283 g/mol. The minimum Gasteiger partial charge on any atom is -0.429 e. The fraction of sp³-hybridized carbons (Fsp3) is 0.474. The monoisotopic (exact) mass is 310 g/mol. The Balaban J connectivity index is 2.11. The minimum atomic E-state index is -0.178. The summed E-state index contributed by atoms with van der Waals surface area (Å²) in [6.07, 6.45) is 0. The third kappa shape index (κ3) is 4.41. The number of hydrogen-bond donors (Lipinski definition) is 0. The van der Waals surface area contributed by atoms with Gasteiger partial charge in [0.15, 0.2) is 5.82 Å². The average molecular weight is 310 g/mol. The van der Waals surface area contributed by atoms with Crippen molar-refractivity contribution in [2.45, 2.75) is 54.1 Å². The van der Waals surface area contributed by atoms with Crippen molar-refractivity contribution in [3.05, 3.63) is 41.7 Å². The Kier molecular flexibility index (Phi) is 4.95. The van der Waals surface area contributed by atoms with Crippen molar-refractivity contribution in [3.63, 3.8) is 0 Å². The molecule has 0 N–H and O–H groups in total. The second-order valence-corrected chi connectivity index (χ2v) is 7.72. The molecule has 3 nitrogen and oxygen atoms in total. The topological polar surface area (TPSA) is 35.0 Å². The van der Waals surface area contributed by atoms with E-state index in [2.05, 4.69) is 68.9 Å². The molecular formula is C19H27BN2O. The van der Waals surface area contributed by atoms with Gasteiger partial charge in [-0.05, 0) is 39.2 Å². The lowest BCUT2D eigenvalue weighted by molar-refractivity contribution is 0.00504. The third-order valence-electron chi connectivity index (χ3n) is 4.60. The van der Waals surface area contributed by atoms with Gasteiger partial charge in [0.1, 0.15) is 0 Å². The van der Waals surface area contributed by atoms with E-state index in [1.807, 2.05) is 19.9 Å². The quantitative estimate of drug-likeness (QED) is 0.810. The standard InChI is InChI=1S/C19H27BN2O/c1-13-12-14(2)22-17(21-13)15-8-10-16(11-9-15)20-23-19(6,7)18(3,4)5/h8-12,20H,1-7H3. The van der Waals surface area contributed by atoms with E-state index in [-0.39, 0.29) is 11.0 Å². The molecule has 0 spiro atoms. The fourth-order valence-electron chi connectivity index (χ4n) is 2.09. The van der Waals surface area contributed by atoms with E-state index in [0.717, 1.165) is 28.2 Å². The smallest absolute Gasteiger partial charge is 0.309 e. The van der Waals surface area contributed by atoms with E-state index in [0.29, 0.717) is 7.48 Å². The summed E-state index contributed by atoms with van der Waals surface area (Å²) in [6, 6.07) is 10.3. The van der Waals surface area contributed by atoms with Crippen molar-refractivity contribution in [2.24, 2.45) is 5.41 Å². The molecule has 0 atom stereocenters. The second kappa shape index (κ2) is 6.44. The van der Waals surface area contributed by atoms with Gasteiger partial charge in [-0.15, -0.1) is 0 Å². The van der Waals surface area contributed by atoms with Gasteiger partial charge in [-0.3, -0.25) is 0 Å². The first-order chi connectivity index (χ1) is 10.6. The van der Waals surface area contributed by atoms with E-state index in [1.54, 1.807) is 0 Å². The molecule has 0 saturated carbocycles. The van der Waals surface area contributed by atoms with Gasteiger partial charge in [0.05, 0.1) is 5.60 Å². The van der Waals surface area contributed by atoms with Crippen LogP contribution in [0.1, 0.15) is 46.0 Å². The van der Waals surface area contributed by atoms with Gasteiger partial charge in [0, 0.05) is 17.0 Å². The highest BCUT2D eigenvalue weighted by Gasteiger charge is 2.33. The molecule has 23 heavy (non-hydrogen) atoms. The maximum atomic E-state index is 6.13. The summed E-state index contributed by atoms with van der Waals surface area (Å²) in [6.45, 7) is 14.9. The maximum absolute atomic E-state index is 6.13. The molecule has 0 fully saturated rings. The number of rotatable bonds is 4. The largest absolute Gasteiger partial charge is 0.429 e. The molecule has 0 aliphatic heterocycles. The van der Waals surface area contributed by atoms with Crippen LogP contribution in [0.25, 0.3) is 11.4 Å². The van der Waals surface area contributed by atoms with Crippen LogP contribution in [-0.4, -0.2) is 23.1 Å². The summed E-state index contributed by atoms with van der Waals surface area (Å²) in [7, 11) is 0.609. The van der Waals surface area contributed by atoms with Crippen LogP contribution >= 0.6 is 0 Å².